The zero-order valence-electron chi connectivity index (χ0n) is 11.8. The number of rotatable bonds is 2. The van der Waals surface area contributed by atoms with Crippen LogP contribution in [0.5, 0.6) is 0 Å². The Morgan fingerprint density at radius 1 is 1.19 bits per heavy atom. The van der Waals surface area contributed by atoms with Crippen molar-refractivity contribution in [2.45, 2.75) is 32.1 Å². The van der Waals surface area contributed by atoms with Crippen molar-refractivity contribution in [1.82, 2.24) is 0 Å². The molecule has 0 aliphatic heterocycles. The summed E-state index contributed by atoms with van der Waals surface area (Å²) in [6.45, 7) is 0. The summed E-state index contributed by atoms with van der Waals surface area (Å²) in [5, 5.41) is 2.93. The highest BCUT2D eigenvalue weighted by Gasteiger charge is 2.16. The average Bonchev–Trinajstić information content (AvgIpc) is 2.79. The second-order valence-corrected chi connectivity index (χ2v) is 6.44. The number of nitrogens with one attached hydrogen (secondary N) is 1. The van der Waals surface area contributed by atoms with Crippen LogP contribution >= 0.6 is 11.3 Å². The number of thiophene rings is 1. The first-order valence-electron chi connectivity index (χ1n) is 7.26. The second-order valence-electron chi connectivity index (χ2n) is 5.30. The Balaban J connectivity index is 1.78. The normalized spacial score (nSPS) is 13.9. The van der Waals surface area contributed by atoms with Gasteiger partial charge >= 0.3 is 0 Å². The van der Waals surface area contributed by atoms with Gasteiger partial charge in [-0.05, 0) is 55.5 Å². The van der Waals surface area contributed by atoms with Gasteiger partial charge in [0.25, 0.3) is 5.91 Å². The molecule has 1 aliphatic rings. The molecule has 0 radical (unpaired) electrons. The molecule has 0 bridgehead atoms. The molecule has 1 aliphatic carbocycles. The predicted molar refractivity (Wildman–Crippen MR) is 87.9 cm³/mol. The molecule has 0 saturated carbocycles. The van der Waals surface area contributed by atoms with Gasteiger partial charge in [-0.25, -0.2) is 0 Å². The van der Waals surface area contributed by atoms with Crippen LogP contribution in [-0.2, 0) is 12.8 Å². The third-order valence-electron chi connectivity index (χ3n) is 3.76. The summed E-state index contributed by atoms with van der Waals surface area (Å²) in [4.78, 5) is 14.5. The summed E-state index contributed by atoms with van der Waals surface area (Å²) >= 11 is 1.63. The lowest BCUT2D eigenvalue weighted by Gasteiger charge is -2.04. The molecule has 3 heteroatoms. The molecule has 2 nitrogen and oxygen atoms in total. The Kier molecular flexibility index (Phi) is 4.08. The number of amides is 1. The van der Waals surface area contributed by atoms with E-state index in [1.165, 1.54) is 29.7 Å². The van der Waals surface area contributed by atoms with Crippen molar-refractivity contribution in [1.29, 1.82) is 0 Å². The van der Waals surface area contributed by atoms with Gasteiger partial charge in [0.15, 0.2) is 0 Å². The lowest BCUT2D eigenvalue weighted by Crippen LogP contribution is -2.10. The molecule has 0 spiro atoms. The third-order valence-corrected chi connectivity index (χ3v) is 4.99. The van der Waals surface area contributed by atoms with Gasteiger partial charge in [-0.1, -0.05) is 18.4 Å². The minimum Gasteiger partial charge on any atom is -0.321 e. The maximum Gasteiger partial charge on any atom is 0.265 e. The van der Waals surface area contributed by atoms with E-state index in [1.807, 2.05) is 24.3 Å². The Morgan fingerprint density at radius 3 is 2.90 bits per heavy atom. The molecular formula is C18H17NOS. The number of carbonyl (C=O) groups is 1. The SMILES string of the molecule is C#Cc1cccc(NC(=O)c2cc3c(s2)CCCCC3)c1. The van der Waals surface area contributed by atoms with Crippen molar-refractivity contribution in [2.75, 3.05) is 5.32 Å². The maximum atomic E-state index is 12.4. The van der Waals surface area contributed by atoms with Crippen molar-refractivity contribution in [3.05, 3.63) is 51.2 Å². The first-order valence-corrected chi connectivity index (χ1v) is 8.07. The molecule has 1 amide bonds. The van der Waals surface area contributed by atoms with Crippen molar-refractivity contribution >= 4 is 22.9 Å². The van der Waals surface area contributed by atoms with Crippen LogP contribution in [-0.4, -0.2) is 5.91 Å². The molecular weight excluding hydrogens is 278 g/mol. The highest BCUT2D eigenvalue weighted by molar-refractivity contribution is 7.14. The molecule has 0 saturated heterocycles. The molecule has 0 unspecified atom stereocenters. The van der Waals surface area contributed by atoms with E-state index in [1.54, 1.807) is 11.3 Å². The second kappa shape index (κ2) is 6.15. The van der Waals surface area contributed by atoms with Crippen LogP contribution in [0.1, 0.15) is 44.9 Å². The van der Waals surface area contributed by atoms with Gasteiger partial charge in [-0.2, -0.15) is 0 Å². The Hall–Kier alpha value is -2.05. The molecule has 1 N–H and O–H groups in total. The van der Waals surface area contributed by atoms with Gasteiger partial charge in [0.05, 0.1) is 4.88 Å². The number of aryl methyl sites for hydroxylation is 2. The predicted octanol–water partition coefficient (Wildman–Crippen LogP) is 4.25. The van der Waals surface area contributed by atoms with Gasteiger partial charge in [0.1, 0.15) is 0 Å². The average molecular weight is 295 g/mol. The van der Waals surface area contributed by atoms with E-state index < -0.39 is 0 Å². The van der Waals surface area contributed by atoms with Crippen LogP contribution in [0.15, 0.2) is 30.3 Å². The number of hydrogen-bond acceptors (Lipinski definition) is 2. The molecule has 106 valence electrons. The van der Waals surface area contributed by atoms with E-state index in [9.17, 15) is 4.79 Å². The molecule has 0 fully saturated rings. The minimum atomic E-state index is -0.0396. The Labute approximate surface area is 129 Å². The highest BCUT2D eigenvalue weighted by atomic mass is 32.1. The van der Waals surface area contributed by atoms with Crippen LogP contribution in [0.25, 0.3) is 0 Å². The Bertz CT molecular complexity index is 685. The van der Waals surface area contributed by atoms with Gasteiger partial charge in [-0.15, -0.1) is 17.8 Å². The molecule has 1 aromatic carbocycles. The van der Waals surface area contributed by atoms with Gasteiger partial charge in [0, 0.05) is 16.1 Å². The van der Waals surface area contributed by atoms with Crippen molar-refractivity contribution < 1.29 is 4.79 Å². The maximum absolute atomic E-state index is 12.4. The van der Waals surface area contributed by atoms with Crippen LogP contribution in [0.2, 0.25) is 0 Å². The molecule has 3 rings (SSSR count). The smallest absolute Gasteiger partial charge is 0.265 e. The lowest BCUT2D eigenvalue weighted by molar-refractivity contribution is 0.103. The molecule has 21 heavy (non-hydrogen) atoms. The summed E-state index contributed by atoms with van der Waals surface area (Å²) < 4.78 is 0. The third kappa shape index (κ3) is 3.17. The fraction of sp³-hybridized carbons (Fsp3) is 0.278. The van der Waals surface area contributed by atoms with Crippen LogP contribution in [0.3, 0.4) is 0 Å². The monoisotopic (exact) mass is 295 g/mol. The summed E-state index contributed by atoms with van der Waals surface area (Å²) in [7, 11) is 0. The Morgan fingerprint density at radius 2 is 2.05 bits per heavy atom. The fourth-order valence-electron chi connectivity index (χ4n) is 2.66. The highest BCUT2D eigenvalue weighted by Crippen LogP contribution is 2.29. The topological polar surface area (TPSA) is 29.1 Å². The van der Waals surface area contributed by atoms with E-state index in [0.717, 1.165) is 29.0 Å². The lowest BCUT2D eigenvalue weighted by atomic mass is 10.1. The number of anilines is 1. The van der Waals surface area contributed by atoms with Crippen LogP contribution in [0.4, 0.5) is 5.69 Å². The van der Waals surface area contributed by atoms with Gasteiger partial charge < -0.3 is 5.32 Å². The number of carbonyl (C=O) groups excluding carboxylic acids is 1. The fourth-order valence-corrected chi connectivity index (χ4v) is 3.81. The molecule has 1 aromatic heterocycles. The standard InChI is InChI=1S/C18H17NOS/c1-2-13-7-6-9-15(11-13)19-18(20)17-12-14-8-4-3-5-10-16(14)21-17/h1,6-7,9,11-12H,3-5,8,10H2,(H,19,20). The molecule has 1 heterocycles. The van der Waals surface area contributed by atoms with Crippen molar-refractivity contribution in [2.24, 2.45) is 0 Å². The minimum absolute atomic E-state index is 0.0396. The van der Waals surface area contributed by atoms with Crippen molar-refractivity contribution in [3.8, 4) is 12.3 Å². The quantitative estimate of drug-likeness (QED) is 0.651. The van der Waals surface area contributed by atoms with Crippen molar-refractivity contribution in [3.63, 3.8) is 0 Å². The summed E-state index contributed by atoms with van der Waals surface area (Å²) in [6.07, 6.45) is 11.4. The molecule has 0 atom stereocenters. The first kappa shape index (κ1) is 13.9. The zero-order chi connectivity index (χ0) is 14.7. The number of fused-ring (bicyclic) bond motifs is 1. The molecule has 2 aromatic rings. The summed E-state index contributed by atoms with van der Waals surface area (Å²) in [5.41, 5.74) is 2.88. The largest absolute Gasteiger partial charge is 0.321 e. The van der Waals surface area contributed by atoms with E-state index in [4.69, 9.17) is 6.42 Å². The first-order chi connectivity index (χ1) is 10.3. The number of benzene rings is 1. The summed E-state index contributed by atoms with van der Waals surface area (Å²) in [6, 6.07) is 9.44. The van der Waals surface area contributed by atoms with E-state index in [2.05, 4.69) is 17.3 Å². The van der Waals surface area contributed by atoms with Gasteiger partial charge in [0.2, 0.25) is 0 Å². The van der Waals surface area contributed by atoms with E-state index >= 15 is 0 Å². The van der Waals surface area contributed by atoms with Crippen LogP contribution < -0.4 is 5.32 Å². The summed E-state index contributed by atoms with van der Waals surface area (Å²) in [5.74, 6) is 2.54. The van der Waals surface area contributed by atoms with Crippen LogP contribution in [0, 0.1) is 12.3 Å². The number of hydrogen-bond donors (Lipinski definition) is 1. The van der Waals surface area contributed by atoms with Gasteiger partial charge in [-0.3, -0.25) is 4.79 Å². The number of terminal acetylenes is 1. The van der Waals surface area contributed by atoms with E-state index in [-0.39, 0.29) is 5.91 Å². The van der Waals surface area contributed by atoms with E-state index in [0.29, 0.717) is 0 Å². The zero-order valence-corrected chi connectivity index (χ0v) is 12.6.